The molecule has 7 heteroatoms. The van der Waals surface area contributed by atoms with Crippen LogP contribution in [0, 0.1) is 0 Å². The molecule has 0 aliphatic heterocycles. The molecule has 0 atom stereocenters. The molecule has 6 nitrogen and oxygen atoms in total. The van der Waals surface area contributed by atoms with Crippen LogP contribution in [0.15, 0.2) is 0 Å². The molecule has 0 spiro atoms. The van der Waals surface area contributed by atoms with Gasteiger partial charge in [-0.3, -0.25) is 9.78 Å². The molecule has 0 radical (unpaired) electrons. The normalized spacial score (nSPS) is 8.94. The molecule has 0 bridgehead atoms. The van der Waals surface area contributed by atoms with Crippen molar-refractivity contribution in [1.29, 1.82) is 0 Å². The van der Waals surface area contributed by atoms with Crippen molar-refractivity contribution in [3.8, 4) is 0 Å². The molecular weight excluding hydrogens is 264 g/mol. The molecule has 17 heavy (non-hydrogen) atoms. The smallest absolute Gasteiger partial charge is 0.298 e. The van der Waals surface area contributed by atoms with Crippen molar-refractivity contribution < 1.29 is 50.9 Å². The first-order valence-corrected chi connectivity index (χ1v) is 4.93. The monoisotopic (exact) mass is 284 g/mol. The van der Waals surface area contributed by atoms with Crippen LogP contribution in [-0.2, 0) is 50.9 Å². The van der Waals surface area contributed by atoms with Crippen LogP contribution >= 0.6 is 0 Å². The number of carbonyl (C=O) groups is 2. The summed E-state index contributed by atoms with van der Waals surface area (Å²) < 4.78 is 0. The fourth-order valence-corrected chi connectivity index (χ4v) is 0.328. The maximum atomic E-state index is 10.0. The van der Waals surface area contributed by atoms with E-state index in [0.29, 0.717) is 0 Å². The Kier molecular flexibility index (Phi) is 17.5. The Morgan fingerprint density at radius 1 is 0.765 bits per heavy atom. The van der Waals surface area contributed by atoms with Gasteiger partial charge >= 0.3 is 11.9 Å². The zero-order chi connectivity index (χ0) is 13.1. The largest absolute Gasteiger partial charge is 0.339 e. The SMILES string of the molecule is CC(=O)OOC(C)C.CC(=O)OOC(C)C.[Ti]. The molecule has 0 rings (SSSR count). The molecule has 0 aromatic heterocycles. The Morgan fingerprint density at radius 3 is 1.06 bits per heavy atom. The molecule has 0 heterocycles. The average molecular weight is 284 g/mol. The summed E-state index contributed by atoms with van der Waals surface area (Å²) in [6.45, 7) is 9.71. The summed E-state index contributed by atoms with van der Waals surface area (Å²) in [5, 5.41) is 0. The number of hydrogen-bond acceptors (Lipinski definition) is 6. The minimum atomic E-state index is -0.418. The van der Waals surface area contributed by atoms with Crippen LogP contribution < -0.4 is 0 Å². The van der Waals surface area contributed by atoms with E-state index < -0.39 is 11.9 Å². The van der Waals surface area contributed by atoms with Gasteiger partial charge in [-0.25, -0.2) is 9.59 Å². The van der Waals surface area contributed by atoms with E-state index in [0.717, 1.165) is 0 Å². The van der Waals surface area contributed by atoms with Crippen molar-refractivity contribution >= 4 is 11.9 Å². The Morgan fingerprint density at radius 2 is 1.00 bits per heavy atom. The van der Waals surface area contributed by atoms with Crippen molar-refractivity contribution in [2.75, 3.05) is 0 Å². The summed E-state index contributed by atoms with van der Waals surface area (Å²) in [6.07, 6.45) is -0.113. The Hall–Kier alpha value is -0.426. The molecule has 0 aliphatic rings. The molecular formula is C10H20O6Ti. The van der Waals surface area contributed by atoms with Crippen LogP contribution in [0.1, 0.15) is 41.5 Å². The van der Waals surface area contributed by atoms with Gasteiger partial charge in [-0.05, 0) is 27.7 Å². The van der Waals surface area contributed by atoms with Gasteiger partial charge in [-0.15, -0.1) is 0 Å². The summed E-state index contributed by atoms with van der Waals surface area (Å²) in [6, 6.07) is 0. The summed E-state index contributed by atoms with van der Waals surface area (Å²) in [5.74, 6) is -0.836. The fourth-order valence-electron chi connectivity index (χ4n) is 0.328. The van der Waals surface area contributed by atoms with E-state index in [1.807, 2.05) is 0 Å². The molecule has 100 valence electrons. The van der Waals surface area contributed by atoms with E-state index in [1.165, 1.54) is 13.8 Å². The van der Waals surface area contributed by atoms with Crippen LogP contribution in [0.4, 0.5) is 0 Å². The second kappa shape index (κ2) is 13.6. The zero-order valence-electron chi connectivity index (χ0n) is 11.1. The average Bonchev–Trinajstić information content (AvgIpc) is 2.12. The van der Waals surface area contributed by atoms with Crippen molar-refractivity contribution in [3.05, 3.63) is 0 Å². The van der Waals surface area contributed by atoms with Gasteiger partial charge in [0.25, 0.3) is 0 Å². The predicted octanol–water partition coefficient (Wildman–Crippen LogP) is 1.78. The molecule has 0 fully saturated rings. The van der Waals surface area contributed by atoms with Crippen LogP contribution in [0.3, 0.4) is 0 Å². The van der Waals surface area contributed by atoms with Crippen LogP contribution in [0.5, 0.6) is 0 Å². The van der Waals surface area contributed by atoms with Gasteiger partial charge in [0.05, 0.1) is 12.2 Å². The Bertz CT molecular complexity index is 183. The predicted molar refractivity (Wildman–Crippen MR) is 56.0 cm³/mol. The third-order valence-electron chi connectivity index (χ3n) is 0.716. The van der Waals surface area contributed by atoms with Crippen molar-refractivity contribution in [2.24, 2.45) is 0 Å². The van der Waals surface area contributed by atoms with Crippen molar-refractivity contribution in [1.82, 2.24) is 0 Å². The summed E-state index contributed by atoms with van der Waals surface area (Å²) in [7, 11) is 0. The zero-order valence-corrected chi connectivity index (χ0v) is 12.7. The molecule has 0 saturated heterocycles. The topological polar surface area (TPSA) is 71.1 Å². The van der Waals surface area contributed by atoms with E-state index in [9.17, 15) is 9.59 Å². The molecule has 0 aliphatic carbocycles. The Labute approximate surface area is 117 Å². The van der Waals surface area contributed by atoms with Gasteiger partial charge in [0, 0.05) is 35.6 Å². The van der Waals surface area contributed by atoms with Gasteiger partial charge in [0.1, 0.15) is 0 Å². The van der Waals surface area contributed by atoms with E-state index >= 15 is 0 Å². The minimum absolute atomic E-state index is 0. The summed E-state index contributed by atoms with van der Waals surface area (Å²) in [4.78, 5) is 37.2. The third kappa shape index (κ3) is 31.3. The molecule has 0 aromatic rings. The van der Waals surface area contributed by atoms with Crippen LogP contribution in [0.2, 0.25) is 0 Å². The van der Waals surface area contributed by atoms with Gasteiger partial charge in [-0.2, -0.15) is 9.78 Å². The molecule has 0 aromatic carbocycles. The van der Waals surface area contributed by atoms with Crippen molar-refractivity contribution in [3.63, 3.8) is 0 Å². The first-order valence-electron chi connectivity index (χ1n) is 4.93. The molecule has 0 saturated carbocycles. The van der Waals surface area contributed by atoms with E-state index in [4.69, 9.17) is 0 Å². The minimum Gasteiger partial charge on any atom is -0.298 e. The molecule has 0 N–H and O–H groups in total. The van der Waals surface area contributed by atoms with Crippen molar-refractivity contribution in [2.45, 2.75) is 53.8 Å². The fraction of sp³-hybridized carbons (Fsp3) is 0.800. The van der Waals surface area contributed by atoms with Crippen LogP contribution in [-0.4, -0.2) is 24.1 Å². The summed E-state index contributed by atoms with van der Waals surface area (Å²) >= 11 is 0. The number of carbonyl (C=O) groups excluding carboxylic acids is 2. The molecule has 0 amide bonds. The Balaban J connectivity index is -0.000000218. The second-order valence-electron chi connectivity index (χ2n) is 3.44. The first-order chi connectivity index (χ1) is 7.25. The second-order valence-corrected chi connectivity index (χ2v) is 3.44. The van der Waals surface area contributed by atoms with Gasteiger partial charge in [0.15, 0.2) is 0 Å². The maximum absolute atomic E-state index is 10.0. The van der Waals surface area contributed by atoms with E-state index in [2.05, 4.69) is 19.6 Å². The molecule has 0 unspecified atom stereocenters. The quantitative estimate of drug-likeness (QED) is 0.445. The summed E-state index contributed by atoms with van der Waals surface area (Å²) in [5.41, 5.74) is 0. The number of rotatable bonds is 4. The van der Waals surface area contributed by atoms with Gasteiger partial charge in [-0.1, -0.05) is 0 Å². The van der Waals surface area contributed by atoms with E-state index in [-0.39, 0.29) is 33.9 Å². The third-order valence-corrected chi connectivity index (χ3v) is 0.716. The van der Waals surface area contributed by atoms with Gasteiger partial charge < -0.3 is 0 Å². The first kappa shape index (κ1) is 21.8. The standard InChI is InChI=1S/2C5H10O3.Ti/c2*1-4(2)7-8-5(3)6;/h2*4H,1-3H3;. The van der Waals surface area contributed by atoms with Crippen LogP contribution in [0.25, 0.3) is 0 Å². The maximum Gasteiger partial charge on any atom is 0.339 e. The van der Waals surface area contributed by atoms with E-state index in [1.54, 1.807) is 27.7 Å². The van der Waals surface area contributed by atoms with Gasteiger partial charge in [0.2, 0.25) is 0 Å². The number of hydrogen-bond donors (Lipinski definition) is 0.